The summed E-state index contributed by atoms with van der Waals surface area (Å²) in [5.41, 5.74) is 2.08. The predicted octanol–water partition coefficient (Wildman–Crippen LogP) is 3.74. The molecule has 4 rings (SSSR count). The minimum Gasteiger partial charge on any atom is -0.494 e. The van der Waals surface area contributed by atoms with Gasteiger partial charge in [0.05, 0.1) is 24.5 Å². The van der Waals surface area contributed by atoms with Gasteiger partial charge in [0.2, 0.25) is 11.9 Å². The molecule has 9 nitrogen and oxygen atoms in total. The molecule has 0 fully saturated rings. The van der Waals surface area contributed by atoms with Crippen molar-refractivity contribution in [2.24, 2.45) is 0 Å². The number of nitrogens with zero attached hydrogens (tertiary/aromatic N) is 4. The highest BCUT2D eigenvalue weighted by atomic mass is 32.2. The minimum atomic E-state index is -0.383. The number of aromatic nitrogens is 3. The number of ether oxygens (including phenoxy) is 2. The average molecular weight is 468 g/mol. The third kappa shape index (κ3) is 5.28. The lowest BCUT2D eigenvalue weighted by molar-refractivity contribution is -0.113. The van der Waals surface area contributed by atoms with Crippen molar-refractivity contribution in [3.05, 3.63) is 54.1 Å². The largest absolute Gasteiger partial charge is 0.494 e. The molecule has 3 aromatic rings. The smallest absolute Gasteiger partial charge is 0.338 e. The van der Waals surface area contributed by atoms with Crippen molar-refractivity contribution in [2.45, 2.75) is 25.5 Å². The second kappa shape index (κ2) is 10.4. The van der Waals surface area contributed by atoms with Crippen LogP contribution < -0.4 is 15.0 Å². The molecule has 1 aromatic heterocycles. The highest BCUT2D eigenvalue weighted by molar-refractivity contribution is 7.99. The summed E-state index contributed by atoms with van der Waals surface area (Å²) in [7, 11) is 0. The van der Waals surface area contributed by atoms with Crippen LogP contribution in [0, 0.1) is 0 Å². The van der Waals surface area contributed by atoms with Gasteiger partial charge >= 0.3 is 5.97 Å². The number of benzene rings is 2. The molecule has 1 aliphatic rings. The average Bonchev–Trinajstić information content (AvgIpc) is 3.42. The topological polar surface area (TPSA) is 98.6 Å². The lowest BCUT2D eigenvalue weighted by atomic mass is 10.2. The molecule has 0 unspecified atom stereocenters. The first-order valence-electron chi connectivity index (χ1n) is 10.7. The molecule has 1 N–H and O–H groups in total. The molecule has 172 valence electrons. The van der Waals surface area contributed by atoms with E-state index in [1.165, 1.54) is 11.8 Å². The standard InChI is InChI=1S/C23H25N5O4S/c1-3-31-19-11-9-18(10-12-19)27-13-14-28-22(27)25-26-23(28)33-15-20(29)24-17-7-5-16(6-8-17)21(30)32-4-2/h5-12H,3-4,13-15H2,1-2H3,(H,24,29). The Bertz CT molecular complexity index is 1110. The van der Waals surface area contributed by atoms with E-state index in [9.17, 15) is 9.59 Å². The summed E-state index contributed by atoms with van der Waals surface area (Å²) >= 11 is 1.34. The molecular weight excluding hydrogens is 442 g/mol. The Kier molecular flexibility index (Phi) is 7.13. The number of amides is 1. The van der Waals surface area contributed by atoms with Gasteiger partial charge in [-0.15, -0.1) is 10.2 Å². The van der Waals surface area contributed by atoms with Gasteiger partial charge in [-0.3, -0.25) is 9.36 Å². The Hall–Kier alpha value is -3.53. The molecule has 10 heteroatoms. The van der Waals surface area contributed by atoms with Crippen LogP contribution in [0.4, 0.5) is 17.3 Å². The molecule has 2 aromatic carbocycles. The second-order valence-corrected chi connectivity index (χ2v) is 8.09. The number of thioether (sulfide) groups is 1. The maximum atomic E-state index is 12.4. The van der Waals surface area contributed by atoms with E-state index < -0.39 is 0 Å². The summed E-state index contributed by atoms with van der Waals surface area (Å²) in [6.07, 6.45) is 0. The van der Waals surface area contributed by atoms with Crippen LogP contribution in [0.2, 0.25) is 0 Å². The summed E-state index contributed by atoms with van der Waals surface area (Å²) in [5, 5.41) is 12.1. The Balaban J connectivity index is 1.33. The fourth-order valence-corrected chi connectivity index (χ4v) is 4.21. The first-order chi connectivity index (χ1) is 16.1. The van der Waals surface area contributed by atoms with E-state index in [2.05, 4.69) is 20.4 Å². The Morgan fingerprint density at radius 2 is 1.76 bits per heavy atom. The van der Waals surface area contributed by atoms with Crippen LogP contribution in [0.1, 0.15) is 24.2 Å². The highest BCUT2D eigenvalue weighted by Crippen LogP contribution is 2.32. The van der Waals surface area contributed by atoms with Crippen LogP contribution in [0.3, 0.4) is 0 Å². The second-order valence-electron chi connectivity index (χ2n) is 7.15. The summed E-state index contributed by atoms with van der Waals surface area (Å²) in [6, 6.07) is 14.5. The third-order valence-corrected chi connectivity index (χ3v) is 5.92. The molecule has 1 aliphatic heterocycles. The van der Waals surface area contributed by atoms with Crippen molar-refractivity contribution >= 4 is 41.0 Å². The molecule has 33 heavy (non-hydrogen) atoms. The number of nitrogens with one attached hydrogen (secondary N) is 1. The first kappa shape index (κ1) is 22.7. The van der Waals surface area contributed by atoms with Crippen molar-refractivity contribution < 1.29 is 19.1 Å². The molecule has 2 heterocycles. The van der Waals surface area contributed by atoms with Crippen LogP contribution >= 0.6 is 11.8 Å². The lowest BCUT2D eigenvalue weighted by Crippen LogP contribution is -2.15. The van der Waals surface area contributed by atoms with Crippen molar-refractivity contribution in [3.8, 4) is 5.75 Å². The van der Waals surface area contributed by atoms with Gasteiger partial charge in [-0.05, 0) is 62.4 Å². The van der Waals surface area contributed by atoms with Crippen LogP contribution in [-0.2, 0) is 16.1 Å². The zero-order valence-corrected chi connectivity index (χ0v) is 19.3. The van der Waals surface area contributed by atoms with Crippen molar-refractivity contribution in [2.75, 3.05) is 35.7 Å². The predicted molar refractivity (Wildman–Crippen MR) is 126 cm³/mol. The molecule has 0 radical (unpaired) electrons. The van der Waals surface area contributed by atoms with E-state index >= 15 is 0 Å². The molecular formula is C23H25N5O4S. The van der Waals surface area contributed by atoms with Crippen LogP contribution in [0.5, 0.6) is 5.75 Å². The third-order valence-electron chi connectivity index (χ3n) is 4.96. The quantitative estimate of drug-likeness (QED) is 0.375. The fraction of sp³-hybridized carbons (Fsp3) is 0.304. The van der Waals surface area contributed by atoms with E-state index in [1.807, 2.05) is 35.8 Å². The van der Waals surface area contributed by atoms with Gasteiger partial charge in [0, 0.05) is 24.5 Å². The van der Waals surface area contributed by atoms with E-state index in [-0.39, 0.29) is 17.6 Å². The number of esters is 1. The maximum Gasteiger partial charge on any atom is 0.338 e. The summed E-state index contributed by atoms with van der Waals surface area (Å²) < 4.78 is 12.5. The van der Waals surface area contributed by atoms with Gasteiger partial charge < -0.3 is 19.7 Å². The molecule has 0 bridgehead atoms. The number of hydrogen-bond acceptors (Lipinski definition) is 8. The molecule has 0 saturated heterocycles. The SMILES string of the molecule is CCOC(=O)c1ccc(NC(=O)CSc2nnc3n2CCN3c2ccc(OCC)cc2)cc1. The normalized spacial score (nSPS) is 12.4. The maximum absolute atomic E-state index is 12.4. The number of hydrogen-bond donors (Lipinski definition) is 1. The summed E-state index contributed by atoms with van der Waals surface area (Å²) in [6.45, 7) is 6.19. The number of anilines is 3. The molecule has 0 spiro atoms. The van der Waals surface area contributed by atoms with Gasteiger partial charge in [0.1, 0.15) is 5.75 Å². The molecule has 1 amide bonds. The van der Waals surface area contributed by atoms with E-state index in [0.29, 0.717) is 29.6 Å². The number of carbonyl (C=O) groups is 2. The number of fused-ring (bicyclic) bond motifs is 1. The molecule has 0 atom stereocenters. The van der Waals surface area contributed by atoms with Gasteiger partial charge in [-0.25, -0.2) is 4.79 Å². The van der Waals surface area contributed by atoms with Crippen molar-refractivity contribution in [1.29, 1.82) is 0 Å². The minimum absolute atomic E-state index is 0.164. The van der Waals surface area contributed by atoms with Crippen LogP contribution in [-0.4, -0.2) is 52.2 Å². The fourth-order valence-electron chi connectivity index (χ4n) is 3.45. The van der Waals surface area contributed by atoms with Crippen molar-refractivity contribution in [1.82, 2.24) is 14.8 Å². The van der Waals surface area contributed by atoms with Gasteiger partial charge in [-0.1, -0.05) is 11.8 Å². The zero-order valence-electron chi connectivity index (χ0n) is 18.5. The molecule has 0 saturated carbocycles. The van der Waals surface area contributed by atoms with Crippen LogP contribution in [0.15, 0.2) is 53.7 Å². The summed E-state index contributed by atoms with van der Waals surface area (Å²) in [4.78, 5) is 26.2. The summed E-state index contributed by atoms with van der Waals surface area (Å²) in [5.74, 6) is 1.24. The highest BCUT2D eigenvalue weighted by Gasteiger charge is 2.26. The number of carbonyl (C=O) groups excluding carboxylic acids is 2. The zero-order chi connectivity index (χ0) is 23.2. The van der Waals surface area contributed by atoms with E-state index in [0.717, 1.165) is 30.5 Å². The Labute approximate surface area is 196 Å². The molecule has 0 aliphatic carbocycles. The van der Waals surface area contributed by atoms with E-state index in [1.54, 1.807) is 31.2 Å². The number of rotatable bonds is 9. The lowest BCUT2D eigenvalue weighted by Gasteiger charge is -2.15. The van der Waals surface area contributed by atoms with Gasteiger partial charge in [0.15, 0.2) is 5.16 Å². The first-order valence-corrected chi connectivity index (χ1v) is 11.7. The van der Waals surface area contributed by atoms with Gasteiger partial charge in [0.25, 0.3) is 0 Å². The van der Waals surface area contributed by atoms with Gasteiger partial charge in [-0.2, -0.15) is 0 Å². The van der Waals surface area contributed by atoms with Crippen LogP contribution in [0.25, 0.3) is 0 Å². The monoisotopic (exact) mass is 467 g/mol. The Morgan fingerprint density at radius 3 is 2.45 bits per heavy atom. The van der Waals surface area contributed by atoms with Crippen molar-refractivity contribution in [3.63, 3.8) is 0 Å². The Morgan fingerprint density at radius 1 is 1.00 bits per heavy atom. The van der Waals surface area contributed by atoms with E-state index in [4.69, 9.17) is 9.47 Å².